The summed E-state index contributed by atoms with van der Waals surface area (Å²) >= 11 is 0. The van der Waals surface area contributed by atoms with E-state index < -0.39 is 0 Å². The highest BCUT2D eigenvalue weighted by Gasteiger charge is 2.29. The van der Waals surface area contributed by atoms with E-state index in [0.717, 1.165) is 35.8 Å². The number of phenols is 1. The number of ether oxygens (including phenoxy) is 1. The summed E-state index contributed by atoms with van der Waals surface area (Å²) in [4.78, 5) is 19.8. The Hall–Kier alpha value is -3.49. The third-order valence-corrected chi connectivity index (χ3v) is 7.19. The maximum absolute atomic E-state index is 11.0. The third kappa shape index (κ3) is 6.45. The second kappa shape index (κ2) is 12.7. The van der Waals surface area contributed by atoms with Gasteiger partial charge >= 0.3 is 0 Å². The first-order valence-electron chi connectivity index (χ1n) is 12.9. The third-order valence-electron chi connectivity index (χ3n) is 7.19. The number of aliphatic imine (C=N–C) groups is 1. The number of phenolic OH excluding ortho intramolecular Hbond substituents is 1. The number of hydrogen-bond donors (Lipinski definition) is 4. The van der Waals surface area contributed by atoms with Gasteiger partial charge in [0.05, 0.1) is 24.8 Å². The largest absolute Gasteiger partial charge is 0.507 e. The lowest BCUT2D eigenvalue weighted by Crippen LogP contribution is -2.34. The van der Waals surface area contributed by atoms with Gasteiger partial charge in [-0.3, -0.25) is 9.79 Å². The van der Waals surface area contributed by atoms with Crippen LogP contribution in [0, 0.1) is 11.8 Å². The number of aldehydes is 1. The molecule has 4 atom stereocenters. The average Bonchev–Trinajstić information content (AvgIpc) is 3.37. The van der Waals surface area contributed by atoms with Crippen molar-refractivity contribution in [3.05, 3.63) is 65.9 Å². The van der Waals surface area contributed by atoms with E-state index in [1.54, 1.807) is 25.4 Å². The number of pyridine rings is 1. The quantitative estimate of drug-likeness (QED) is 0.428. The highest BCUT2D eigenvalue weighted by Crippen LogP contribution is 2.32. The molecule has 8 heteroatoms. The number of nitrogens with two attached hydrogens (primary N) is 1. The lowest BCUT2D eigenvalue weighted by atomic mass is 9.81. The molecule has 1 aromatic carbocycles. The van der Waals surface area contributed by atoms with Gasteiger partial charge in [0, 0.05) is 17.3 Å². The SMILES string of the molecule is CNCC1CCCC(CN)C1.COc1ncccc1-c1ccc(O)c(C2=NC3C=CC(C=O)=CC3N2)c1. The Morgan fingerprint density at radius 2 is 2.08 bits per heavy atom. The summed E-state index contributed by atoms with van der Waals surface area (Å²) in [6, 6.07) is 8.85. The fourth-order valence-corrected chi connectivity index (χ4v) is 5.27. The molecule has 1 aromatic heterocycles. The summed E-state index contributed by atoms with van der Waals surface area (Å²) in [5.74, 6) is 2.94. The van der Waals surface area contributed by atoms with Crippen molar-refractivity contribution < 1.29 is 14.6 Å². The summed E-state index contributed by atoms with van der Waals surface area (Å²) in [5, 5.41) is 16.9. The van der Waals surface area contributed by atoms with Crippen molar-refractivity contribution in [3.8, 4) is 22.8 Å². The monoisotopic (exact) mass is 503 g/mol. The van der Waals surface area contributed by atoms with E-state index in [4.69, 9.17) is 10.5 Å². The molecule has 4 unspecified atom stereocenters. The second-order valence-electron chi connectivity index (χ2n) is 9.77. The zero-order valence-electron chi connectivity index (χ0n) is 21.6. The van der Waals surface area contributed by atoms with Crippen molar-refractivity contribution in [2.75, 3.05) is 27.2 Å². The van der Waals surface area contributed by atoms with E-state index in [0.29, 0.717) is 22.9 Å². The van der Waals surface area contributed by atoms with Crippen molar-refractivity contribution in [1.29, 1.82) is 0 Å². The normalized spacial score (nSPS) is 24.1. The maximum atomic E-state index is 11.0. The standard InChI is InChI=1S/C20H17N3O3.C9H20N2/c1-26-20-14(3-2-8-21-20)13-5-7-18(25)15(10-13)19-22-16-6-4-12(11-24)9-17(16)23-19;1-11-7-9-4-2-3-8(5-9)6-10/h2-11,16-17,25H,1H3,(H,22,23);8-9,11H,2-7,10H2,1H3. The van der Waals surface area contributed by atoms with E-state index >= 15 is 0 Å². The summed E-state index contributed by atoms with van der Waals surface area (Å²) in [7, 11) is 3.61. The number of nitrogens with one attached hydrogen (secondary N) is 2. The number of hydrogen-bond acceptors (Lipinski definition) is 8. The van der Waals surface area contributed by atoms with Crippen LogP contribution in [0.1, 0.15) is 31.2 Å². The first kappa shape index (κ1) is 26.6. The number of rotatable bonds is 7. The Bertz CT molecular complexity index is 1170. The molecule has 0 spiro atoms. The van der Waals surface area contributed by atoms with Gasteiger partial charge in [-0.25, -0.2) is 4.98 Å². The number of amidine groups is 1. The first-order chi connectivity index (χ1) is 18.1. The predicted molar refractivity (Wildman–Crippen MR) is 147 cm³/mol. The van der Waals surface area contributed by atoms with E-state index in [-0.39, 0.29) is 17.8 Å². The zero-order chi connectivity index (χ0) is 26.2. The molecule has 5 rings (SSSR count). The van der Waals surface area contributed by atoms with Crippen molar-refractivity contribution >= 4 is 12.1 Å². The maximum Gasteiger partial charge on any atom is 0.221 e. The van der Waals surface area contributed by atoms with Crippen LogP contribution in [0.25, 0.3) is 11.1 Å². The van der Waals surface area contributed by atoms with Gasteiger partial charge in [-0.2, -0.15) is 0 Å². The Morgan fingerprint density at radius 3 is 2.84 bits per heavy atom. The zero-order valence-corrected chi connectivity index (χ0v) is 21.6. The van der Waals surface area contributed by atoms with Crippen molar-refractivity contribution in [2.45, 2.75) is 37.8 Å². The average molecular weight is 504 g/mol. The minimum Gasteiger partial charge on any atom is -0.507 e. The Morgan fingerprint density at radius 1 is 1.24 bits per heavy atom. The summed E-state index contributed by atoms with van der Waals surface area (Å²) < 4.78 is 5.33. The summed E-state index contributed by atoms with van der Waals surface area (Å²) in [5.41, 5.74) is 8.55. The number of methoxy groups -OCH3 is 1. The summed E-state index contributed by atoms with van der Waals surface area (Å²) in [6.07, 6.45) is 13.5. The molecule has 196 valence electrons. The smallest absolute Gasteiger partial charge is 0.221 e. The molecule has 37 heavy (non-hydrogen) atoms. The number of carbonyl (C=O) groups is 1. The van der Waals surface area contributed by atoms with E-state index in [9.17, 15) is 9.90 Å². The number of aromatic hydroxyl groups is 1. The molecular weight excluding hydrogens is 466 g/mol. The molecule has 0 amide bonds. The Labute approximate surface area is 218 Å². The molecule has 1 saturated carbocycles. The van der Waals surface area contributed by atoms with Crippen molar-refractivity contribution in [3.63, 3.8) is 0 Å². The van der Waals surface area contributed by atoms with Crippen LogP contribution in [0.5, 0.6) is 11.6 Å². The number of fused-ring (bicyclic) bond motifs is 1. The highest BCUT2D eigenvalue weighted by atomic mass is 16.5. The van der Waals surface area contributed by atoms with Crippen LogP contribution < -0.4 is 21.1 Å². The van der Waals surface area contributed by atoms with Crippen LogP contribution in [0.15, 0.2) is 65.3 Å². The molecule has 0 saturated heterocycles. The molecule has 0 bridgehead atoms. The lowest BCUT2D eigenvalue weighted by Gasteiger charge is -2.27. The minimum atomic E-state index is -0.0929. The molecular formula is C29H37N5O3. The molecule has 0 radical (unpaired) electrons. The van der Waals surface area contributed by atoms with E-state index in [1.807, 2.05) is 43.5 Å². The number of benzene rings is 1. The van der Waals surface area contributed by atoms with Crippen LogP contribution >= 0.6 is 0 Å². The number of carbonyl (C=O) groups excluding carboxylic acids is 1. The highest BCUT2D eigenvalue weighted by molar-refractivity contribution is 6.04. The van der Waals surface area contributed by atoms with Gasteiger partial charge in [-0.15, -0.1) is 0 Å². The van der Waals surface area contributed by atoms with Crippen LogP contribution in [0.3, 0.4) is 0 Å². The number of aromatic nitrogens is 1. The first-order valence-corrected chi connectivity index (χ1v) is 12.9. The molecule has 2 heterocycles. The summed E-state index contributed by atoms with van der Waals surface area (Å²) in [6.45, 7) is 2.07. The number of nitrogens with zero attached hydrogens (tertiary/aromatic N) is 2. The molecule has 1 aliphatic heterocycles. The van der Waals surface area contributed by atoms with Crippen LogP contribution in [-0.4, -0.2) is 61.5 Å². The van der Waals surface area contributed by atoms with E-state index in [1.165, 1.54) is 32.2 Å². The van der Waals surface area contributed by atoms with E-state index in [2.05, 4.69) is 20.6 Å². The second-order valence-corrected chi connectivity index (χ2v) is 9.77. The van der Waals surface area contributed by atoms with Gasteiger partial charge < -0.3 is 26.2 Å². The fraction of sp³-hybridized carbons (Fsp3) is 0.414. The molecule has 5 N–H and O–H groups in total. The number of allylic oxidation sites excluding steroid dienone is 2. The molecule has 2 aromatic rings. The van der Waals surface area contributed by atoms with Crippen molar-refractivity contribution in [2.24, 2.45) is 22.6 Å². The van der Waals surface area contributed by atoms with Crippen LogP contribution in [-0.2, 0) is 4.79 Å². The van der Waals surface area contributed by atoms with Gasteiger partial charge in [0.15, 0.2) is 0 Å². The lowest BCUT2D eigenvalue weighted by molar-refractivity contribution is -0.104. The van der Waals surface area contributed by atoms with Gasteiger partial charge in [-0.1, -0.05) is 24.6 Å². The van der Waals surface area contributed by atoms with Gasteiger partial charge in [0.1, 0.15) is 17.9 Å². The Balaban J connectivity index is 0.000000245. The van der Waals surface area contributed by atoms with Crippen molar-refractivity contribution in [1.82, 2.24) is 15.6 Å². The van der Waals surface area contributed by atoms with Crippen LogP contribution in [0.2, 0.25) is 0 Å². The van der Waals surface area contributed by atoms with Crippen LogP contribution in [0.4, 0.5) is 0 Å². The topological polar surface area (TPSA) is 122 Å². The molecule has 2 aliphatic carbocycles. The minimum absolute atomic E-state index is 0.0915. The molecule has 8 nitrogen and oxygen atoms in total. The fourth-order valence-electron chi connectivity index (χ4n) is 5.27. The molecule has 1 fully saturated rings. The van der Waals surface area contributed by atoms with Gasteiger partial charge in [0.25, 0.3) is 0 Å². The molecule has 3 aliphatic rings. The predicted octanol–water partition coefficient (Wildman–Crippen LogP) is 3.22. The van der Waals surface area contributed by atoms with Gasteiger partial charge in [-0.05, 0) is 87.1 Å². The Kier molecular flexibility index (Phi) is 9.09. The van der Waals surface area contributed by atoms with Gasteiger partial charge in [0.2, 0.25) is 5.88 Å².